The lowest BCUT2D eigenvalue weighted by atomic mass is 10.2. The van der Waals surface area contributed by atoms with E-state index in [2.05, 4.69) is 0 Å². The van der Waals surface area contributed by atoms with Gasteiger partial charge in [-0.3, -0.25) is 4.79 Å². The maximum atomic E-state index is 12.5. The lowest BCUT2D eigenvalue weighted by Crippen LogP contribution is -1.90. The highest BCUT2D eigenvalue weighted by Crippen LogP contribution is 2.36. The Balaban J connectivity index is 1.53. The van der Waals surface area contributed by atoms with E-state index in [0.29, 0.717) is 48.5 Å². The van der Waals surface area contributed by atoms with Crippen LogP contribution in [0.3, 0.4) is 0 Å². The number of rotatable bonds is 5. The van der Waals surface area contributed by atoms with E-state index in [1.165, 1.54) is 6.08 Å². The van der Waals surface area contributed by atoms with Crippen LogP contribution in [0.25, 0.3) is 28.7 Å². The molecule has 0 atom stereocenters. The second-order valence-corrected chi connectivity index (χ2v) is 7.94. The molecule has 0 unspecified atom stereocenters. The molecule has 0 amide bonds. The molecule has 4 aromatic rings. The SMILES string of the molecule is O=C(/C=C/c1ccc(-c2c(Cl)cccc2Cl)o1)c1ccc(-c2cc(Cl)ccc2Cl)o1. The number of hydrogen-bond acceptors (Lipinski definition) is 3. The van der Waals surface area contributed by atoms with Gasteiger partial charge in [-0.1, -0.05) is 52.5 Å². The summed E-state index contributed by atoms with van der Waals surface area (Å²) in [6, 6.07) is 16.9. The smallest absolute Gasteiger partial charge is 0.221 e. The highest BCUT2D eigenvalue weighted by molar-refractivity contribution is 6.39. The van der Waals surface area contributed by atoms with Crippen LogP contribution in [-0.2, 0) is 0 Å². The maximum absolute atomic E-state index is 12.5. The summed E-state index contributed by atoms with van der Waals surface area (Å²) >= 11 is 24.6. The Morgan fingerprint density at radius 2 is 1.50 bits per heavy atom. The molecule has 0 bridgehead atoms. The van der Waals surface area contributed by atoms with Gasteiger partial charge >= 0.3 is 0 Å². The standard InChI is InChI=1S/C23H12Cl4O3/c24-13-4-7-16(25)15(12-13)20-10-11-21(30-20)19(28)8-5-14-6-9-22(29-14)23-17(26)2-1-3-18(23)27/h1-12H/b8-5+. The summed E-state index contributed by atoms with van der Waals surface area (Å²) in [6.45, 7) is 0. The Morgan fingerprint density at radius 3 is 2.27 bits per heavy atom. The highest BCUT2D eigenvalue weighted by atomic mass is 35.5. The van der Waals surface area contributed by atoms with Crippen molar-refractivity contribution in [2.24, 2.45) is 0 Å². The molecule has 2 aromatic carbocycles. The van der Waals surface area contributed by atoms with E-state index in [9.17, 15) is 4.79 Å². The molecule has 0 aliphatic carbocycles. The number of furan rings is 2. The molecular formula is C23H12Cl4O3. The average Bonchev–Trinajstić information content (AvgIpc) is 3.38. The van der Waals surface area contributed by atoms with Crippen molar-refractivity contribution in [3.63, 3.8) is 0 Å². The Morgan fingerprint density at radius 1 is 0.767 bits per heavy atom. The van der Waals surface area contributed by atoms with Crippen LogP contribution in [0.4, 0.5) is 0 Å². The molecule has 4 rings (SSSR count). The maximum Gasteiger partial charge on any atom is 0.221 e. The summed E-state index contributed by atoms with van der Waals surface area (Å²) in [5.74, 6) is 1.27. The lowest BCUT2D eigenvalue weighted by molar-refractivity contribution is 0.102. The molecule has 2 aromatic heterocycles. The van der Waals surface area contributed by atoms with Crippen LogP contribution in [-0.4, -0.2) is 5.78 Å². The van der Waals surface area contributed by atoms with Crippen molar-refractivity contribution < 1.29 is 13.6 Å². The van der Waals surface area contributed by atoms with E-state index in [4.69, 9.17) is 55.2 Å². The number of carbonyl (C=O) groups excluding carboxylic acids is 1. The van der Waals surface area contributed by atoms with Gasteiger partial charge in [-0.15, -0.1) is 0 Å². The first-order chi connectivity index (χ1) is 14.4. The molecule has 0 N–H and O–H groups in total. The van der Waals surface area contributed by atoms with Crippen LogP contribution in [0.1, 0.15) is 16.3 Å². The Hall–Kier alpha value is -2.43. The van der Waals surface area contributed by atoms with Crippen LogP contribution in [0, 0.1) is 0 Å². The van der Waals surface area contributed by atoms with Crippen LogP contribution < -0.4 is 0 Å². The summed E-state index contributed by atoms with van der Waals surface area (Å²) in [5.41, 5.74) is 1.21. The van der Waals surface area contributed by atoms with Gasteiger partial charge in [0, 0.05) is 10.6 Å². The van der Waals surface area contributed by atoms with E-state index in [1.54, 1.807) is 66.7 Å². The normalized spacial score (nSPS) is 11.3. The van der Waals surface area contributed by atoms with Crippen molar-refractivity contribution in [1.82, 2.24) is 0 Å². The van der Waals surface area contributed by atoms with E-state index < -0.39 is 0 Å². The van der Waals surface area contributed by atoms with Gasteiger partial charge in [0.15, 0.2) is 5.76 Å². The molecular weight excluding hydrogens is 466 g/mol. The Labute approximate surface area is 192 Å². The largest absolute Gasteiger partial charge is 0.457 e. The number of halogens is 4. The molecule has 0 spiro atoms. The van der Waals surface area contributed by atoms with E-state index >= 15 is 0 Å². The first-order valence-electron chi connectivity index (χ1n) is 8.74. The first-order valence-corrected chi connectivity index (χ1v) is 10.3. The number of benzene rings is 2. The van der Waals surface area contributed by atoms with Crippen LogP contribution in [0.2, 0.25) is 20.1 Å². The quantitative estimate of drug-likeness (QED) is 0.213. The number of allylic oxidation sites excluding steroid dienone is 1. The zero-order chi connectivity index (χ0) is 21.3. The Bertz CT molecular complexity index is 1250. The van der Waals surface area contributed by atoms with Crippen LogP contribution in [0.15, 0.2) is 75.6 Å². The lowest BCUT2D eigenvalue weighted by Gasteiger charge is -2.02. The topological polar surface area (TPSA) is 43.4 Å². The minimum atomic E-state index is -0.326. The van der Waals surface area contributed by atoms with Gasteiger partial charge < -0.3 is 8.83 Å². The molecule has 0 saturated heterocycles. The second-order valence-electron chi connectivity index (χ2n) is 6.28. The predicted octanol–water partition coefficient (Wildman–Crippen LogP) is 8.72. The molecule has 3 nitrogen and oxygen atoms in total. The third-order valence-electron chi connectivity index (χ3n) is 4.28. The molecule has 2 heterocycles. The van der Waals surface area contributed by atoms with Crippen molar-refractivity contribution in [2.75, 3.05) is 0 Å². The van der Waals surface area contributed by atoms with E-state index in [1.807, 2.05) is 0 Å². The molecule has 0 aliphatic rings. The third-order valence-corrected chi connectivity index (χ3v) is 5.47. The van der Waals surface area contributed by atoms with Gasteiger partial charge in [0.25, 0.3) is 0 Å². The van der Waals surface area contributed by atoms with Crippen molar-refractivity contribution in [1.29, 1.82) is 0 Å². The predicted molar refractivity (Wildman–Crippen MR) is 122 cm³/mol. The van der Waals surface area contributed by atoms with Crippen molar-refractivity contribution in [2.45, 2.75) is 0 Å². The Kier molecular flexibility index (Phi) is 6.07. The number of hydrogen-bond donors (Lipinski definition) is 0. The molecule has 7 heteroatoms. The second kappa shape index (κ2) is 8.75. The summed E-state index contributed by atoms with van der Waals surface area (Å²) in [4.78, 5) is 12.5. The minimum Gasteiger partial charge on any atom is -0.457 e. The van der Waals surface area contributed by atoms with Crippen molar-refractivity contribution in [3.05, 3.63) is 98.4 Å². The van der Waals surface area contributed by atoms with Gasteiger partial charge in [0.05, 0.1) is 20.6 Å². The van der Waals surface area contributed by atoms with Crippen molar-refractivity contribution >= 4 is 58.3 Å². The molecule has 0 fully saturated rings. The molecule has 0 aliphatic heterocycles. The zero-order valence-electron chi connectivity index (χ0n) is 15.2. The third kappa shape index (κ3) is 4.35. The fourth-order valence-electron chi connectivity index (χ4n) is 2.85. The molecule has 30 heavy (non-hydrogen) atoms. The summed E-state index contributed by atoms with van der Waals surface area (Å²) in [6.07, 6.45) is 2.91. The van der Waals surface area contributed by atoms with E-state index in [-0.39, 0.29) is 11.5 Å². The summed E-state index contributed by atoms with van der Waals surface area (Å²) < 4.78 is 11.4. The van der Waals surface area contributed by atoms with Gasteiger partial charge in [-0.25, -0.2) is 0 Å². The van der Waals surface area contributed by atoms with Crippen LogP contribution in [0.5, 0.6) is 0 Å². The van der Waals surface area contributed by atoms with E-state index in [0.717, 1.165) is 0 Å². The fourth-order valence-corrected chi connectivity index (χ4v) is 3.82. The molecule has 150 valence electrons. The van der Waals surface area contributed by atoms with Gasteiger partial charge in [0.1, 0.15) is 17.3 Å². The summed E-state index contributed by atoms with van der Waals surface area (Å²) in [5, 5.41) is 1.95. The van der Waals surface area contributed by atoms with Crippen molar-refractivity contribution in [3.8, 4) is 22.6 Å². The number of carbonyl (C=O) groups is 1. The average molecular weight is 478 g/mol. The van der Waals surface area contributed by atoms with Gasteiger partial charge in [-0.05, 0) is 66.7 Å². The van der Waals surface area contributed by atoms with Gasteiger partial charge in [-0.2, -0.15) is 0 Å². The van der Waals surface area contributed by atoms with Crippen LogP contribution >= 0.6 is 46.4 Å². The molecule has 0 saturated carbocycles. The number of ketones is 1. The van der Waals surface area contributed by atoms with Gasteiger partial charge in [0.2, 0.25) is 5.78 Å². The first kappa shape index (κ1) is 20.8. The monoisotopic (exact) mass is 476 g/mol. The zero-order valence-corrected chi connectivity index (χ0v) is 18.2. The highest BCUT2D eigenvalue weighted by Gasteiger charge is 2.14. The minimum absolute atomic E-state index is 0.165. The summed E-state index contributed by atoms with van der Waals surface area (Å²) in [7, 11) is 0. The fraction of sp³-hybridized carbons (Fsp3) is 0. The molecule has 0 radical (unpaired) electrons.